The highest BCUT2D eigenvalue weighted by molar-refractivity contribution is 8.18. The van der Waals surface area contributed by atoms with Crippen molar-refractivity contribution in [1.29, 1.82) is 0 Å². The average molecular weight is 452 g/mol. The van der Waals surface area contributed by atoms with Crippen molar-refractivity contribution in [2.75, 3.05) is 39.4 Å². The number of amidine groups is 1. The van der Waals surface area contributed by atoms with Crippen molar-refractivity contribution < 1.29 is 14.6 Å². The van der Waals surface area contributed by atoms with Crippen LogP contribution in [0.25, 0.3) is 6.08 Å². The zero-order valence-electron chi connectivity index (χ0n) is 18.6. The Morgan fingerprint density at radius 1 is 1.09 bits per heavy atom. The lowest BCUT2D eigenvalue weighted by atomic mass is 10.1. The summed E-state index contributed by atoms with van der Waals surface area (Å²) in [6, 6.07) is 13.5. The fourth-order valence-corrected chi connectivity index (χ4v) is 4.93. The van der Waals surface area contributed by atoms with Crippen LogP contribution in [0.2, 0.25) is 0 Å². The van der Waals surface area contributed by atoms with Gasteiger partial charge in [-0.3, -0.25) is 14.6 Å². The molecule has 2 heterocycles. The molecule has 0 unspecified atom stereocenters. The highest BCUT2D eigenvalue weighted by Crippen LogP contribution is 2.35. The van der Waals surface area contributed by atoms with E-state index in [9.17, 15) is 9.90 Å². The Morgan fingerprint density at radius 3 is 2.47 bits per heavy atom. The van der Waals surface area contributed by atoms with Gasteiger partial charge in [0.25, 0.3) is 5.91 Å². The third-order valence-corrected chi connectivity index (χ3v) is 6.65. The number of hydrogen-bond donors (Lipinski definition) is 1. The summed E-state index contributed by atoms with van der Waals surface area (Å²) in [7, 11) is 0. The van der Waals surface area contributed by atoms with Crippen molar-refractivity contribution in [2.45, 2.75) is 20.3 Å². The molecule has 0 aromatic heterocycles. The third kappa shape index (κ3) is 5.41. The number of benzene rings is 2. The molecule has 168 valence electrons. The fraction of sp³-hybridized carbons (Fsp3) is 0.360. The predicted octanol–water partition coefficient (Wildman–Crippen LogP) is 4.34. The molecular weight excluding hydrogens is 422 g/mol. The van der Waals surface area contributed by atoms with Crippen LogP contribution in [0.5, 0.6) is 5.75 Å². The number of carbonyl (C=O) groups is 1. The molecule has 0 radical (unpaired) electrons. The largest absolute Gasteiger partial charge is 0.507 e. The van der Waals surface area contributed by atoms with Crippen molar-refractivity contribution in [3.05, 3.63) is 64.1 Å². The molecule has 2 aliphatic rings. The molecule has 0 bridgehead atoms. The summed E-state index contributed by atoms with van der Waals surface area (Å²) >= 11 is 1.41. The van der Waals surface area contributed by atoms with Gasteiger partial charge in [0.15, 0.2) is 5.17 Å². The Morgan fingerprint density at radius 2 is 1.78 bits per heavy atom. The first kappa shape index (κ1) is 22.6. The first-order valence-corrected chi connectivity index (χ1v) is 11.8. The van der Waals surface area contributed by atoms with Gasteiger partial charge < -0.3 is 9.84 Å². The van der Waals surface area contributed by atoms with Gasteiger partial charge in [0.05, 0.1) is 23.8 Å². The summed E-state index contributed by atoms with van der Waals surface area (Å²) in [6.07, 6.45) is 2.78. The van der Waals surface area contributed by atoms with Crippen LogP contribution < -0.4 is 0 Å². The zero-order valence-corrected chi connectivity index (χ0v) is 19.4. The standard InChI is InChI=1S/C25H29N3O3S/c1-18-15-20(16-19(2)23(18)29)17-22-24(30)28(10-6-9-27-11-13-31-14-12-27)25(32-22)26-21-7-4-3-5-8-21/h3-5,7-8,15-17,29H,6,9-14H2,1-2H3/b22-17-,26-25?. The number of carbonyl (C=O) groups excluding carboxylic acids is 1. The fourth-order valence-electron chi connectivity index (χ4n) is 3.90. The van der Waals surface area contributed by atoms with Gasteiger partial charge in [-0.05, 0) is 79.1 Å². The van der Waals surface area contributed by atoms with Crippen molar-refractivity contribution in [3.8, 4) is 5.75 Å². The summed E-state index contributed by atoms with van der Waals surface area (Å²) in [6.45, 7) is 8.74. The van der Waals surface area contributed by atoms with Crippen LogP contribution in [0.15, 0.2) is 52.4 Å². The van der Waals surface area contributed by atoms with E-state index in [4.69, 9.17) is 9.73 Å². The SMILES string of the molecule is Cc1cc(/C=C2\SC(=Nc3ccccc3)N(CCCN3CCOCC3)C2=O)cc(C)c1O. The maximum Gasteiger partial charge on any atom is 0.266 e. The molecular formula is C25H29N3O3S. The molecule has 4 rings (SSSR count). The van der Waals surface area contributed by atoms with E-state index in [0.29, 0.717) is 22.4 Å². The van der Waals surface area contributed by atoms with E-state index in [0.717, 1.165) is 61.6 Å². The van der Waals surface area contributed by atoms with E-state index in [1.807, 2.05) is 62.4 Å². The Balaban J connectivity index is 1.55. The second-order valence-electron chi connectivity index (χ2n) is 8.11. The second kappa shape index (κ2) is 10.3. The van der Waals surface area contributed by atoms with Crippen LogP contribution in [-0.4, -0.2) is 65.4 Å². The molecule has 2 aromatic carbocycles. The summed E-state index contributed by atoms with van der Waals surface area (Å²) in [5, 5.41) is 10.8. The van der Waals surface area contributed by atoms with Crippen LogP contribution in [0.4, 0.5) is 5.69 Å². The number of aryl methyl sites for hydroxylation is 2. The number of rotatable bonds is 6. The maximum absolute atomic E-state index is 13.3. The van der Waals surface area contributed by atoms with E-state index < -0.39 is 0 Å². The number of ether oxygens (including phenoxy) is 1. The highest BCUT2D eigenvalue weighted by Gasteiger charge is 2.33. The number of phenols is 1. The number of nitrogens with zero attached hydrogens (tertiary/aromatic N) is 3. The smallest absolute Gasteiger partial charge is 0.266 e. The van der Waals surface area contributed by atoms with E-state index in [2.05, 4.69) is 4.90 Å². The number of para-hydroxylation sites is 1. The molecule has 1 N–H and O–H groups in total. The van der Waals surface area contributed by atoms with Crippen LogP contribution in [0.1, 0.15) is 23.1 Å². The lowest BCUT2D eigenvalue weighted by molar-refractivity contribution is -0.122. The van der Waals surface area contributed by atoms with E-state index in [-0.39, 0.29) is 5.91 Å². The molecule has 0 spiro atoms. The summed E-state index contributed by atoms with van der Waals surface area (Å²) in [5.41, 5.74) is 3.34. The molecule has 0 aliphatic carbocycles. The van der Waals surface area contributed by atoms with E-state index in [1.165, 1.54) is 11.8 Å². The minimum atomic E-state index is -0.0185. The number of aromatic hydroxyl groups is 1. The predicted molar refractivity (Wildman–Crippen MR) is 130 cm³/mol. The summed E-state index contributed by atoms with van der Waals surface area (Å²) in [5.74, 6) is 0.281. The molecule has 6 nitrogen and oxygen atoms in total. The number of aliphatic imine (C=N–C) groups is 1. The highest BCUT2D eigenvalue weighted by atomic mass is 32.2. The Kier molecular flexibility index (Phi) is 7.29. The van der Waals surface area contributed by atoms with Crippen LogP contribution in [0, 0.1) is 13.8 Å². The van der Waals surface area contributed by atoms with Crippen molar-refractivity contribution in [3.63, 3.8) is 0 Å². The van der Waals surface area contributed by atoms with E-state index in [1.54, 1.807) is 4.90 Å². The summed E-state index contributed by atoms with van der Waals surface area (Å²) in [4.78, 5) is 22.9. The van der Waals surface area contributed by atoms with Gasteiger partial charge in [-0.2, -0.15) is 0 Å². The Bertz CT molecular complexity index is 1010. The Labute approximate surface area is 193 Å². The maximum atomic E-state index is 13.3. The van der Waals surface area contributed by atoms with Crippen LogP contribution >= 0.6 is 11.8 Å². The van der Waals surface area contributed by atoms with Gasteiger partial charge in [0, 0.05) is 26.2 Å². The molecule has 7 heteroatoms. The van der Waals surface area contributed by atoms with E-state index >= 15 is 0 Å². The third-order valence-electron chi connectivity index (χ3n) is 5.64. The van der Waals surface area contributed by atoms with Crippen LogP contribution in [-0.2, 0) is 9.53 Å². The van der Waals surface area contributed by atoms with Crippen molar-refractivity contribution >= 4 is 34.6 Å². The molecule has 0 atom stereocenters. The topological polar surface area (TPSA) is 65.4 Å². The first-order valence-electron chi connectivity index (χ1n) is 11.0. The monoisotopic (exact) mass is 451 g/mol. The lowest BCUT2D eigenvalue weighted by Crippen LogP contribution is -2.38. The minimum absolute atomic E-state index is 0.0185. The first-order chi connectivity index (χ1) is 15.5. The number of phenolic OH excluding ortho intramolecular Hbond substituents is 1. The molecule has 2 fully saturated rings. The minimum Gasteiger partial charge on any atom is -0.507 e. The molecule has 1 amide bonds. The van der Waals surface area contributed by atoms with Gasteiger partial charge >= 0.3 is 0 Å². The molecule has 2 saturated heterocycles. The number of amides is 1. The van der Waals surface area contributed by atoms with Gasteiger partial charge in [-0.15, -0.1) is 0 Å². The number of thioether (sulfide) groups is 1. The molecule has 0 saturated carbocycles. The van der Waals surface area contributed by atoms with Gasteiger partial charge in [-0.25, -0.2) is 4.99 Å². The summed E-state index contributed by atoms with van der Waals surface area (Å²) < 4.78 is 5.42. The Hall–Kier alpha value is -2.61. The van der Waals surface area contributed by atoms with Gasteiger partial charge in [-0.1, -0.05) is 18.2 Å². The molecule has 32 heavy (non-hydrogen) atoms. The lowest BCUT2D eigenvalue weighted by Gasteiger charge is -2.27. The van der Waals surface area contributed by atoms with Gasteiger partial charge in [0.1, 0.15) is 5.75 Å². The molecule has 2 aliphatic heterocycles. The van der Waals surface area contributed by atoms with Crippen LogP contribution in [0.3, 0.4) is 0 Å². The zero-order chi connectivity index (χ0) is 22.5. The van der Waals surface area contributed by atoms with Gasteiger partial charge in [0.2, 0.25) is 0 Å². The van der Waals surface area contributed by atoms with Crippen molar-refractivity contribution in [1.82, 2.24) is 9.80 Å². The number of hydrogen-bond acceptors (Lipinski definition) is 6. The quantitative estimate of drug-likeness (QED) is 0.662. The van der Waals surface area contributed by atoms with Crippen molar-refractivity contribution in [2.24, 2.45) is 4.99 Å². The second-order valence-corrected chi connectivity index (χ2v) is 9.12. The average Bonchev–Trinajstić information content (AvgIpc) is 3.07. The number of morpholine rings is 1. The molecule has 2 aromatic rings. The normalized spacial score (nSPS) is 19.9.